The van der Waals surface area contributed by atoms with E-state index in [0.717, 1.165) is 84.0 Å². The monoisotopic (exact) mass is 601 g/mol. The fraction of sp³-hybridized carbons (Fsp3) is 0.882. The Bertz CT molecular complexity index is 1040. The maximum atomic E-state index is 14.0. The number of epoxide rings is 2. The van der Waals surface area contributed by atoms with Crippen LogP contribution in [0, 0.1) is 16.7 Å². The Balaban J connectivity index is 0.998. The van der Waals surface area contributed by atoms with Gasteiger partial charge in [0, 0.05) is 43.1 Å². The second-order valence-electron chi connectivity index (χ2n) is 15.0. The smallest absolute Gasteiger partial charge is 0.226 e. The van der Waals surface area contributed by atoms with Crippen LogP contribution in [0.1, 0.15) is 97.8 Å². The number of amides is 2. The molecular formula is C34H55N3O6. The molecule has 1 spiro atoms. The first kappa shape index (κ1) is 31.5. The van der Waals surface area contributed by atoms with Crippen LogP contribution in [0.15, 0.2) is 11.6 Å². The highest BCUT2D eigenvalue weighted by Crippen LogP contribution is 2.60. The van der Waals surface area contributed by atoms with Crippen molar-refractivity contribution in [2.45, 2.75) is 133 Å². The van der Waals surface area contributed by atoms with E-state index in [1.807, 2.05) is 0 Å². The van der Waals surface area contributed by atoms with Crippen molar-refractivity contribution in [2.75, 3.05) is 40.0 Å². The minimum absolute atomic E-state index is 0.0691. The van der Waals surface area contributed by atoms with E-state index in [4.69, 9.17) is 18.9 Å². The van der Waals surface area contributed by atoms with Gasteiger partial charge in [-0.05, 0) is 104 Å². The van der Waals surface area contributed by atoms with Crippen molar-refractivity contribution in [3.8, 4) is 0 Å². The van der Waals surface area contributed by atoms with Gasteiger partial charge in [-0.25, -0.2) is 0 Å². The van der Waals surface area contributed by atoms with Gasteiger partial charge in [0.15, 0.2) is 0 Å². The van der Waals surface area contributed by atoms with Gasteiger partial charge in [0.1, 0.15) is 5.60 Å². The summed E-state index contributed by atoms with van der Waals surface area (Å²) >= 11 is 0. The molecule has 0 radical (unpaired) electrons. The Morgan fingerprint density at radius 2 is 1.72 bits per heavy atom. The van der Waals surface area contributed by atoms with E-state index < -0.39 is 0 Å². The molecule has 2 bridgehead atoms. The zero-order valence-electron chi connectivity index (χ0n) is 26.9. The number of carbonyl (C=O) groups excluding carboxylic acids is 2. The van der Waals surface area contributed by atoms with Crippen LogP contribution in [0.2, 0.25) is 0 Å². The Morgan fingerprint density at radius 1 is 1.02 bits per heavy atom. The van der Waals surface area contributed by atoms with E-state index in [-0.39, 0.29) is 58.0 Å². The number of fused-ring (bicyclic) bond motifs is 3. The van der Waals surface area contributed by atoms with E-state index in [1.165, 1.54) is 18.4 Å². The van der Waals surface area contributed by atoms with Crippen molar-refractivity contribution in [1.82, 2.24) is 16.0 Å². The molecule has 4 aliphatic carbocycles. The molecule has 9 heteroatoms. The number of carbonyl (C=O) groups is 2. The Hall–Kier alpha value is -1.52. The summed E-state index contributed by atoms with van der Waals surface area (Å²) in [5, 5.41) is 10.1. The molecule has 7 rings (SSSR count). The number of ether oxygens (including phenoxy) is 4. The van der Waals surface area contributed by atoms with Crippen molar-refractivity contribution in [3.05, 3.63) is 11.6 Å². The van der Waals surface area contributed by atoms with Crippen molar-refractivity contribution in [2.24, 2.45) is 16.7 Å². The second-order valence-corrected chi connectivity index (χ2v) is 15.0. The average molecular weight is 602 g/mol. The Morgan fingerprint density at radius 3 is 2.33 bits per heavy atom. The van der Waals surface area contributed by atoms with Gasteiger partial charge in [-0.2, -0.15) is 0 Å². The predicted molar refractivity (Wildman–Crippen MR) is 163 cm³/mol. The van der Waals surface area contributed by atoms with Crippen LogP contribution in [0.3, 0.4) is 0 Å². The lowest BCUT2D eigenvalue weighted by atomic mass is 9.53. The van der Waals surface area contributed by atoms with Gasteiger partial charge in [0.05, 0.1) is 37.1 Å². The van der Waals surface area contributed by atoms with Gasteiger partial charge in [-0.1, -0.05) is 11.6 Å². The zero-order chi connectivity index (χ0) is 30.3. The van der Waals surface area contributed by atoms with Crippen molar-refractivity contribution in [1.29, 1.82) is 0 Å². The summed E-state index contributed by atoms with van der Waals surface area (Å²) in [6.07, 6.45) is 12.8. The van der Waals surface area contributed by atoms with Crippen molar-refractivity contribution in [3.63, 3.8) is 0 Å². The molecule has 3 heterocycles. The first-order chi connectivity index (χ1) is 20.7. The quantitative estimate of drug-likeness (QED) is 0.167. The third-order valence-corrected chi connectivity index (χ3v) is 12.1. The lowest BCUT2D eigenvalue weighted by molar-refractivity contribution is -0.153. The topological polar surface area (TPSA) is 114 Å². The molecule has 9 nitrogen and oxygen atoms in total. The van der Waals surface area contributed by atoms with Crippen LogP contribution >= 0.6 is 0 Å². The summed E-state index contributed by atoms with van der Waals surface area (Å²) in [7, 11) is 1.76. The SMILES string of the molecule is CO[C@@H]1[C@H](NC(=O)C23CCC(C(=O)NCCCOC[C@@H]4CCCN4)(CC2)CC3)CC[C@]2(CO2)[C@H]1[C@@]1(C)O[C@@H]1CC=C(C)C. The predicted octanol–water partition coefficient (Wildman–Crippen LogP) is 3.79. The highest BCUT2D eigenvalue weighted by atomic mass is 16.6. The molecular weight excluding hydrogens is 546 g/mol. The third kappa shape index (κ3) is 6.18. The first-order valence-corrected chi connectivity index (χ1v) is 17.0. The standard InChI is InChI=1S/C34H55N3O6/c1-23(2)8-9-26-31(3,43-26)28-27(40-4)25(10-11-34(28)22-42-34)37-30(39)33-15-12-32(13-16-33,14-17-33)29(38)36-19-6-20-41-21-24-7-5-18-35-24/h8,24-28,35H,5-7,9-22H2,1-4H3,(H,36,38)(H,37,39)/t24-,25+,26+,27+,28+,31-,32?,33?,34-/m0/s1. The molecule has 0 aromatic heterocycles. The number of allylic oxidation sites excluding steroid dienone is 1. The summed E-state index contributed by atoms with van der Waals surface area (Å²) in [4.78, 5) is 27.3. The normalized spacial score (nSPS) is 42.9. The molecule has 0 unspecified atom stereocenters. The highest BCUT2D eigenvalue weighted by molar-refractivity contribution is 5.87. The molecule has 4 saturated carbocycles. The maximum absolute atomic E-state index is 14.0. The fourth-order valence-corrected chi connectivity index (χ4v) is 9.02. The number of rotatable bonds is 13. The van der Waals surface area contributed by atoms with Gasteiger partial charge in [-0.3, -0.25) is 9.59 Å². The van der Waals surface area contributed by atoms with Crippen LogP contribution < -0.4 is 16.0 Å². The highest BCUT2D eigenvalue weighted by Gasteiger charge is 2.72. The van der Waals surface area contributed by atoms with Gasteiger partial charge in [-0.15, -0.1) is 0 Å². The molecule has 0 aromatic rings. The largest absolute Gasteiger partial charge is 0.380 e. The second kappa shape index (κ2) is 12.3. The zero-order valence-corrected chi connectivity index (χ0v) is 26.9. The molecule has 3 N–H and O–H groups in total. The van der Waals surface area contributed by atoms with E-state index in [1.54, 1.807) is 7.11 Å². The number of hydrogen-bond acceptors (Lipinski definition) is 7. The molecule has 7 fully saturated rings. The molecule has 7 atom stereocenters. The molecule has 3 saturated heterocycles. The van der Waals surface area contributed by atoms with Gasteiger partial charge < -0.3 is 34.9 Å². The van der Waals surface area contributed by atoms with Crippen LogP contribution in [-0.2, 0) is 28.5 Å². The first-order valence-electron chi connectivity index (χ1n) is 17.0. The van der Waals surface area contributed by atoms with E-state index in [2.05, 4.69) is 42.8 Å². The third-order valence-electron chi connectivity index (χ3n) is 12.1. The molecule has 2 amide bonds. The number of methoxy groups -OCH3 is 1. The minimum atomic E-state index is -0.380. The van der Waals surface area contributed by atoms with Gasteiger partial charge >= 0.3 is 0 Å². The molecule has 242 valence electrons. The minimum Gasteiger partial charge on any atom is -0.380 e. The van der Waals surface area contributed by atoms with Crippen LogP contribution in [0.25, 0.3) is 0 Å². The fourth-order valence-electron chi connectivity index (χ4n) is 9.02. The molecule has 7 aliphatic rings. The summed E-state index contributed by atoms with van der Waals surface area (Å²) in [5.41, 5.74) is 0.0823. The van der Waals surface area contributed by atoms with Crippen LogP contribution in [0.4, 0.5) is 0 Å². The van der Waals surface area contributed by atoms with Crippen LogP contribution in [0.5, 0.6) is 0 Å². The molecule has 3 aliphatic heterocycles. The maximum Gasteiger partial charge on any atom is 0.226 e. The van der Waals surface area contributed by atoms with Crippen molar-refractivity contribution >= 4 is 11.8 Å². The van der Waals surface area contributed by atoms with Crippen LogP contribution in [-0.4, -0.2) is 87.3 Å². The van der Waals surface area contributed by atoms with Gasteiger partial charge in [0.25, 0.3) is 0 Å². The lowest BCUT2D eigenvalue weighted by Crippen LogP contribution is -2.62. The number of nitrogens with one attached hydrogen (secondary N) is 3. The number of hydrogen-bond donors (Lipinski definition) is 3. The summed E-state index contributed by atoms with van der Waals surface area (Å²) in [5.74, 6) is 0.399. The summed E-state index contributed by atoms with van der Waals surface area (Å²) < 4.78 is 24.4. The average Bonchev–Trinajstić information content (AvgIpc) is 3.86. The van der Waals surface area contributed by atoms with E-state index >= 15 is 0 Å². The molecule has 43 heavy (non-hydrogen) atoms. The molecule has 0 aromatic carbocycles. The Labute approximate surface area is 257 Å². The summed E-state index contributed by atoms with van der Waals surface area (Å²) in [6, 6.07) is 0.417. The lowest BCUT2D eigenvalue weighted by Gasteiger charge is -2.52. The van der Waals surface area contributed by atoms with Crippen molar-refractivity contribution < 1.29 is 28.5 Å². The van der Waals surface area contributed by atoms with E-state index in [9.17, 15) is 9.59 Å². The Kier molecular flexibility index (Phi) is 9.04. The summed E-state index contributed by atoms with van der Waals surface area (Å²) in [6.45, 7) is 10.4. The van der Waals surface area contributed by atoms with Gasteiger partial charge in [0.2, 0.25) is 11.8 Å². The van der Waals surface area contributed by atoms with E-state index in [0.29, 0.717) is 19.2 Å².